The number of carbonyl (C=O) groups is 2. The van der Waals surface area contributed by atoms with Gasteiger partial charge in [0.1, 0.15) is 0 Å². The number of benzene rings is 1. The van der Waals surface area contributed by atoms with Crippen molar-refractivity contribution in [3.8, 4) is 0 Å². The predicted octanol–water partition coefficient (Wildman–Crippen LogP) is 0.468. The van der Waals surface area contributed by atoms with Crippen LogP contribution in [0, 0.1) is 5.92 Å². The fourth-order valence-corrected chi connectivity index (χ4v) is 4.13. The molecule has 0 aliphatic carbocycles. The van der Waals surface area contributed by atoms with Crippen molar-refractivity contribution in [2.45, 2.75) is 24.2 Å². The van der Waals surface area contributed by atoms with E-state index < -0.39 is 10.0 Å². The highest BCUT2D eigenvalue weighted by molar-refractivity contribution is 7.89. The van der Waals surface area contributed by atoms with E-state index in [9.17, 15) is 18.0 Å². The van der Waals surface area contributed by atoms with E-state index in [-0.39, 0.29) is 29.2 Å². The minimum atomic E-state index is -3.60. The summed E-state index contributed by atoms with van der Waals surface area (Å²) in [5.41, 5.74) is 5.78. The van der Waals surface area contributed by atoms with Crippen molar-refractivity contribution in [1.82, 2.24) is 14.9 Å². The van der Waals surface area contributed by atoms with Crippen molar-refractivity contribution in [2.24, 2.45) is 11.7 Å². The van der Waals surface area contributed by atoms with Gasteiger partial charge in [-0.3, -0.25) is 9.59 Å². The topological polar surface area (TPSA) is 122 Å². The van der Waals surface area contributed by atoms with Gasteiger partial charge in [0, 0.05) is 25.2 Å². The monoisotopic (exact) mass is 408 g/mol. The number of nitrogens with one attached hydrogen (secondary N) is 2. The summed E-state index contributed by atoms with van der Waals surface area (Å²) in [6.07, 6.45) is 4.01. The Morgan fingerprint density at radius 2 is 2.00 bits per heavy atom. The Morgan fingerprint density at radius 1 is 1.29 bits per heavy atom. The molecule has 1 aliphatic rings. The zero-order chi connectivity index (χ0) is 20.6. The van der Waals surface area contributed by atoms with Gasteiger partial charge in [-0.15, -0.1) is 6.58 Å². The highest BCUT2D eigenvalue weighted by Crippen LogP contribution is 2.16. The number of sulfonamides is 1. The van der Waals surface area contributed by atoms with Crippen LogP contribution in [0.1, 0.15) is 29.6 Å². The molecule has 1 heterocycles. The number of hydrogen-bond donors (Lipinski definition) is 3. The summed E-state index contributed by atoms with van der Waals surface area (Å²) in [4.78, 5) is 25.8. The largest absolute Gasteiger partial charge is 0.369 e. The zero-order valence-electron chi connectivity index (χ0n) is 15.9. The molecule has 1 atom stereocenters. The average Bonchev–Trinajstić information content (AvgIpc) is 2.70. The molecule has 0 saturated carbocycles. The van der Waals surface area contributed by atoms with Crippen LogP contribution in [0.3, 0.4) is 0 Å². The van der Waals surface area contributed by atoms with Crippen LogP contribution in [0.4, 0.5) is 0 Å². The molecular weight excluding hydrogens is 380 g/mol. The lowest BCUT2D eigenvalue weighted by atomic mass is 9.97. The van der Waals surface area contributed by atoms with Crippen molar-refractivity contribution in [2.75, 3.05) is 32.7 Å². The second-order valence-electron chi connectivity index (χ2n) is 6.82. The number of amides is 2. The van der Waals surface area contributed by atoms with Crippen molar-refractivity contribution < 1.29 is 18.0 Å². The summed E-state index contributed by atoms with van der Waals surface area (Å²) < 4.78 is 26.4. The number of piperidine rings is 1. The van der Waals surface area contributed by atoms with Gasteiger partial charge in [-0.2, -0.15) is 0 Å². The third-order valence-electron chi connectivity index (χ3n) is 4.69. The molecule has 0 spiro atoms. The quantitative estimate of drug-likeness (QED) is 0.384. The van der Waals surface area contributed by atoms with E-state index in [2.05, 4.69) is 21.5 Å². The van der Waals surface area contributed by atoms with Gasteiger partial charge in [0.05, 0.1) is 10.8 Å². The van der Waals surface area contributed by atoms with Crippen molar-refractivity contribution in [3.63, 3.8) is 0 Å². The summed E-state index contributed by atoms with van der Waals surface area (Å²) in [6.45, 7) is 6.51. The standard InChI is InChI=1S/C19H28N4O4S/c1-2-10-22-28(26,27)17-8-6-15(7-9-17)19(25)21-11-4-13-23-12-3-5-16(14-23)18(20)24/h2,6-9,16,22H,1,3-5,10-14H2,(H2,20,24)(H,21,25). The molecule has 1 aromatic rings. The first kappa shape index (κ1) is 22.1. The van der Waals surface area contributed by atoms with Gasteiger partial charge in [-0.1, -0.05) is 6.08 Å². The number of hydrogen-bond acceptors (Lipinski definition) is 5. The van der Waals surface area contributed by atoms with E-state index in [1.54, 1.807) is 0 Å². The van der Waals surface area contributed by atoms with Gasteiger partial charge in [0.2, 0.25) is 15.9 Å². The van der Waals surface area contributed by atoms with Gasteiger partial charge >= 0.3 is 0 Å². The lowest BCUT2D eigenvalue weighted by Gasteiger charge is -2.31. The minimum Gasteiger partial charge on any atom is -0.369 e. The smallest absolute Gasteiger partial charge is 0.251 e. The van der Waals surface area contributed by atoms with Gasteiger partial charge in [0.25, 0.3) is 5.91 Å². The molecule has 1 unspecified atom stereocenters. The molecule has 1 saturated heterocycles. The second kappa shape index (κ2) is 10.4. The number of rotatable bonds is 10. The van der Waals surface area contributed by atoms with Gasteiger partial charge in [-0.05, 0) is 56.6 Å². The first-order chi connectivity index (χ1) is 13.3. The number of primary amides is 1. The van der Waals surface area contributed by atoms with E-state index in [4.69, 9.17) is 5.73 Å². The zero-order valence-corrected chi connectivity index (χ0v) is 16.7. The van der Waals surface area contributed by atoms with Gasteiger partial charge in [0.15, 0.2) is 0 Å². The fraction of sp³-hybridized carbons (Fsp3) is 0.474. The maximum absolute atomic E-state index is 12.2. The Morgan fingerprint density at radius 3 is 2.64 bits per heavy atom. The summed E-state index contributed by atoms with van der Waals surface area (Å²) in [6, 6.07) is 5.77. The van der Waals surface area contributed by atoms with Gasteiger partial charge < -0.3 is 16.0 Å². The van der Waals surface area contributed by atoms with Crippen LogP contribution in [-0.4, -0.2) is 57.9 Å². The maximum atomic E-state index is 12.2. The van der Waals surface area contributed by atoms with E-state index in [1.807, 2.05) is 0 Å². The molecule has 1 aromatic carbocycles. The molecule has 2 rings (SSSR count). The van der Waals surface area contributed by atoms with Crippen molar-refractivity contribution in [1.29, 1.82) is 0 Å². The number of nitrogens with two attached hydrogens (primary N) is 1. The van der Waals surface area contributed by atoms with Crippen LogP contribution in [-0.2, 0) is 14.8 Å². The highest BCUT2D eigenvalue weighted by Gasteiger charge is 2.23. The third kappa shape index (κ3) is 6.43. The molecule has 0 radical (unpaired) electrons. The lowest BCUT2D eigenvalue weighted by Crippen LogP contribution is -2.42. The Hall–Kier alpha value is -2.23. The molecule has 1 aliphatic heterocycles. The Bertz CT molecular complexity index is 793. The summed E-state index contributed by atoms with van der Waals surface area (Å²) >= 11 is 0. The molecular formula is C19H28N4O4S. The van der Waals surface area contributed by atoms with E-state index in [0.29, 0.717) is 18.7 Å². The van der Waals surface area contributed by atoms with E-state index in [0.717, 1.165) is 32.4 Å². The van der Waals surface area contributed by atoms with Crippen LogP contribution in [0.2, 0.25) is 0 Å². The van der Waals surface area contributed by atoms with Crippen LogP contribution < -0.4 is 15.8 Å². The van der Waals surface area contributed by atoms with Crippen LogP contribution in [0.15, 0.2) is 41.8 Å². The molecule has 28 heavy (non-hydrogen) atoms. The highest BCUT2D eigenvalue weighted by atomic mass is 32.2. The van der Waals surface area contributed by atoms with E-state index in [1.165, 1.54) is 30.3 Å². The third-order valence-corrected chi connectivity index (χ3v) is 6.13. The molecule has 4 N–H and O–H groups in total. The fourth-order valence-electron chi connectivity index (χ4n) is 3.13. The number of nitrogens with zero attached hydrogens (tertiary/aromatic N) is 1. The lowest BCUT2D eigenvalue weighted by molar-refractivity contribution is -0.123. The molecule has 0 aromatic heterocycles. The Labute approximate surface area is 166 Å². The minimum absolute atomic E-state index is 0.0842. The van der Waals surface area contributed by atoms with Gasteiger partial charge in [-0.25, -0.2) is 13.1 Å². The second-order valence-corrected chi connectivity index (χ2v) is 8.58. The van der Waals surface area contributed by atoms with E-state index >= 15 is 0 Å². The first-order valence-electron chi connectivity index (χ1n) is 9.34. The summed E-state index contributed by atoms with van der Waals surface area (Å²) in [7, 11) is -3.60. The van der Waals surface area contributed by atoms with Crippen molar-refractivity contribution in [3.05, 3.63) is 42.5 Å². The molecule has 9 heteroatoms. The molecule has 8 nitrogen and oxygen atoms in total. The summed E-state index contributed by atoms with van der Waals surface area (Å²) in [5, 5.41) is 2.83. The maximum Gasteiger partial charge on any atom is 0.251 e. The predicted molar refractivity (Wildman–Crippen MR) is 107 cm³/mol. The normalized spacial score (nSPS) is 17.8. The van der Waals surface area contributed by atoms with Crippen LogP contribution >= 0.6 is 0 Å². The van der Waals surface area contributed by atoms with Crippen molar-refractivity contribution >= 4 is 21.8 Å². The summed E-state index contributed by atoms with van der Waals surface area (Å²) in [5.74, 6) is -0.584. The Balaban J connectivity index is 1.77. The number of carbonyl (C=O) groups excluding carboxylic acids is 2. The molecule has 1 fully saturated rings. The van der Waals surface area contributed by atoms with Crippen LogP contribution in [0.5, 0.6) is 0 Å². The molecule has 2 amide bonds. The number of likely N-dealkylation sites (tertiary alicyclic amines) is 1. The Kier molecular flexibility index (Phi) is 8.16. The average molecular weight is 409 g/mol. The molecule has 0 bridgehead atoms. The first-order valence-corrected chi connectivity index (χ1v) is 10.8. The molecule has 154 valence electrons. The van der Waals surface area contributed by atoms with Crippen LogP contribution in [0.25, 0.3) is 0 Å². The SMILES string of the molecule is C=CCNS(=O)(=O)c1ccc(C(=O)NCCCN2CCCC(C(N)=O)C2)cc1.